The Labute approximate surface area is 147 Å². The molecule has 0 radical (unpaired) electrons. The Morgan fingerprint density at radius 3 is 2.88 bits per heavy atom. The molecular formula is C19H13N3O2S. The summed E-state index contributed by atoms with van der Waals surface area (Å²) >= 11 is 1.51. The van der Waals surface area contributed by atoms with Crippen molar-refractivity contribution in [2.75, 3.05) is 5.32 Å². The van der Waals surface area contributed by atoms with Crippen LogP contribution in [0.4, 0.5) is 5.69 Å². The summed E-state index contributed by atoms with van der Waals surface area (Å²) in [5, 5.41) is 6.14. The second-order valence-electron chi connectivity index (χ2n) is 5.52. The van der Waals surface area contributed by atoms with Crippen LogP contribution >= 0.6 is 11.3 Å². The first-order chi connectivity index (χ1) is 12.2. The van der Waals surface area contributed by atoms with Gasteiger partial charge in [-0.3, -0.25) is 9.59 Å². The number of pyridine rings is 1. The van der Waals surface area contributed by atoms with Gasteiger partial charge >= 0.3 is 0 Å². The minimum Gasteiger partial charge on any atom is -0.329 e. The average Bonchev–Trinajstić information content (AvgIpc) is 3.17. The average molecular weight is 347 g/mol. The summed E-state index contributed by atoms with van der Waals surface area (Å²) < 4.78 is 0. The quantitative estimate of drug-likeness (QED) is 0.590. The molecule has 0 atom stereocenters. The number of amides is 1. The Bertz CT molecular complexity index is 1120. The SMILES string of the molecule is O=C(Nc1ccc2cc[nH]c(=O)c2c1)c1cccc(-c2cscn2)c1. The number of aromatic amines is 1. The zero-order valence-corrected chi connectivity index (χ0v) is 13.8. The molecule has 0 spiro atoms. The summed E-state index contributed by atoms with van der Waals surface area (Å²) in [7, 11) is 0. The number of H-pyrrole nitrogens is 1. The molecule has 0 aliphatic rings. The molecular weight excluding hydrogens is 334 g/mol. The van der Waals surface area contributed by atoms with E-state index in [1.165, 1.54) is 11.3 Å². The number of hydrogen-bond donors (Lipinski definition) is 2. The molecule has 2 aromatic carbocycles. The van der Waals surface area contributed by atoms with Crippen LogP contribution in [0.2, 0.25) is 0 Å². The number of carbonyl (C=O) groups excluding carboxylic acids is 1. The second kappa shape index (κ2) is 6.33. The first-order valence-electron chi connectivity index (χ1n) is 7.62. The van der Waals surface area contributed by atoms with Gasteiger partial charge in [0.2, 0.25) is 0 Å². The van der Waals surface area contributed by atoms with E-state index in [9.17, 15) is 9.59 Å². The van der Waals surface area contributed by atoms with Gasteiger partial charge in [0.1, 0.15) is 0 Å². The van der Waals surface area contributed by atoms with E-state index in [1.54, 1.807) is 36.0 Å². The highest BCUT2D eigenvalue weighted by Gasteiger charge is 2.09. The molecule has 0 aliphatic heterocycles. The fourth-order valence-electron chi connectivity index (χ4n) is 2.64. The van der Waals surface area contributed by atoms with E-state index < -0.39 is 0 Å². The molecule has 2 heterocycles. The normalized spacial score (nSPS) is 10.7. The summed E-state index contributed by atoms with van der Waals surface area (Å²) in [6, 6.07) is 14.4. The van der Waals surface area contributed by atoms with E-state index in [0.29, 0.717) is 16.6 Å². The maximum atomic E-state index is 12.5. The summed E-state index contributed by atoms with van der Waals surface area (Å²) in [6.45, 7) is 0. The molecule has 0 unspecified atom stereocenters. The molecule has 0 saturated carbocycles. The number of rotatable bonds is 3. The Kier molecular flexibility index (Phi) is 3.87. The molecule has 0 aliphatic carbocycles. The molecule has 0 bridgehead atoms. The van der Waals surface area contributed by atoms with Crippen molar-refractivity contribution in [3.63, 3.8) is 0 Å². The minimum atomic E-state index is -0.233. The maximum absolute atomic E-state index is 12.5. The molecule has 4 aromatic rings. The molecule has 5 nitrogen and oxygen atoms in total. The standard InChI is InChI=1S/C19H13N3O2S/c23-18(14-3-1-2-13(8-14)17-10-25-11-21-17)22-15-5-4-12-6-7-20-19(24)16(12)9-15/h1-11H,(H,20,24)(H,22,23). The highest BCUT2D eigenvalue weighted by Crippen LogP contribution is 2.21. The Morgan fingerprint density at radius 1 is 1.12 bits per heavy atom. The van der Waals surface area contributed by atoms with Crippen LogP contribution in [0.1, 0.15) is 10.4 Å². The van der Waals surface area contributed by atoms with Crippen molar-refractivity contribution in [1.82, 2.24) is 9.97 Å². The lowest BCUT2D eigenvalue weighted by atomic mass is 10.1. The molecule has 2 N–H and O–H groups in total. The van der Waals surface area contributed by atoms with Crippen molar-refractivity contribution in [2.24, 2.45) is 0 Å². The van der Waals surface area contributed by atoms with Gasteiger partial charge < -0.3 is 10.3 Å². The van der Waals surface area contributed by atoms with Gasteiger partial charge in [0.25, 0.3) is 11.5 Å². The lowest BCUT2D eigenvalue weighted by Gasteiger charge is -2.07. The van der Waals surface area contributed by atoms with Crippen molar-refractivity contribution in [3.8, 4) is 11.3 Å². The Balaban J connectivity index is 1.63. The fourth-order valence-corrected chi connectivity index (χ4v) is 3.20. The summed E-state index contributed by atoms with van der Waals surface area (Å²) in [5.41, 5.74) is 4.43. The predicted octanol–water partition coefficient (Wildman–Crippen LogP) is 3.90. The van der Waals surface area contributed by atoms with E-state index in [0.717, 1.165) is 16.6 Å². The summed E-state index contributed by atoms with van der Waals surface area (Å²) in [4.78, 5) is 31.3. The summed E-state index contributed by atoms with van der Waals surface area (Å²) in [5.74, 6) is -0.233. The van der Waals surface area contributed by atoms with E-state index in [1.807, 2.05) is 29.6 Å². The number of hydrogen-bond acceptors (Lipinski definition) is 4. The minimum absolute atomic E-state index is 0.181. The van der Waals surface area contributed by atoms with Gasteiger partial charge in [-0.2, -0.15) is 0 Å². The largest absolute Gasteiger partial charge is 0.329 e. The van der Waals surface area contributed by atoms with Gasteiger partial charge in [-0.1, -0.05) is 18.2 Å². The van der Waals surface area contributed by atoms with Gasteiger partial charge in [0.15, 0.2) is 0 Å². The van der Waals surface area contributed by atoms with E-state index >= 15 is 0 Å². The van der Waals surface area contributed by atoms with Crippen molar-refractivity contribution in [3.05, 3.63) is 81.5 Å². The number of nitrogens with one attached hydrogen (secondary N) is 2. The zero-order chi connectivity index (χ0) is 17.2. The monoisotopic (exact) mass is 347 g/mol. The molecule has 6 heteroatoms. The smallest absolute Gasteiger partial charge is 0.255 e. The summed E-state index contributed by atoms with van der Waals surface area (Å²) in [6.07, 6.45) is 1.60. The van der Waals surface area contributed by atoms with E-state index in [4.69, 9.17) is 0 Å². The Morgan fingerprint density at radius 2 is 2.04 bits per heavy atom. The fraction of sp³-hybridized carbons (Fsp3) is 0. The van der Waals surface area contributed by atoms with Crippen LogP contribution in [0.3, 0.4) is 0 Å². The van der Waals surface area contributed by atoms with Crippen LogP contribution in [0, 0.1) is 0 Å². The highest BCUT2D eigenvalue weighted by molar-refractivity contribution is 7.07. The third-order valence-electron chi connectivity index (χ3n) is 3.89. The molecule has 0 fully saturated rings. The lowest BCUT2D eigenvalue weighted by Crippen LogP contribution is -2.12. The van der Waals surface area contributed by atoms with Crippen molar-refractivity contribution in [1.29, 1.82) is 0 Å². The van der Waals surface area contributed by atoms with Crippen LogP contribution in [-0.2, 0) is 0 Å². The van der Waals surface area contributed by atoms with Crippen LogP contribution in [-0.4, -0.2) is 15.9 Å². The van der Waals surface area contributed by atoms with Crippen LogP contribution < -0.4 is 10.9 Å². The van der Waals surface area contributed by atoms with Crippen LogP contribution in [0.15, 0.2) is 70.4 Å². The van der Waals surface area contributed by atoms with Crippen LogP contribution in [0.25, 0.3) is 22.0 Å². The van der Waals surface area contributed by atoms with Crippen LogP contribution in [0.5, 0.6) is 0 Å². The van der Waals surface area contributed by atoms with Gasteiger partial charge in [0.05, 0.1) is 11.2 Å². The van der Waals surface area contributed by atoms with Gasteiger partial charge in [-0.15, -0.1) is 11.3 Å². The zero-order valence-electron chi connectivity index (χ0n) is 13.0. The molecule has 1 amide bonds. The third-order valence-corrected chi connectivity index (χ3v) is 4.47. The predicted molar refractivity (Wildman–Crippen MR) is 100 cm³/mol. The van der Waals surface area contributed by atoms with Crippen molar-refractivity contribution < 1.29 is 4.79 Å². The number of aromatic nitrogens is 2. The molecule has 2 aromatic heterocycles. The molecule has 0 saturated heterocycles. The van der Waals surface area contributed by atoms with E-state index in [2.05, 4.69) is 15.3 Å². The number of benzene rings is 2. The number of anilines is 1. The maximum Gasteiger partial charge on any atom is 0.255 e. The molecule has 25 heavy (non-hydrogen) atoms. The van der Waals surface area contributed by atoms with Gasteiger partial charge in [-0.25, -0.2) is 4.98 Å². The number of carbonyl (C=O) groups is 1. The molecule has 4 rings (SSSR count). The number of thiazole rings is 1. The van der Waals surface area contributed by atoms with E-state index in [-0.39, 0.29) is 11.5 Å². The third kappa shape index (κ3) is 3.07. The first-order valence-corrected chi connectivity index (χ1v) is 8.56. The first kappa shape index (κ1) is 15.3. The van der Waals surface area contributed by atoms with Gasteiger partial charge in [0, 0.05) is 33.8 Å². The Hall–Kier alpha value is -3.25. The number of nitrogens with zero attached hydrogens (tertiary/aromatic N) is 1. The highest BCUT2D eigenvalue weighted by atomic mass is 32.1. The lowest BCUT2D eigenvalue weighted by molar-refractivity contribution is 0.102. The molecule has 122 valence electrons. The second-order valence-corrected chi connectivity index (χ2v) is 6.24. The van der Waals surface area contributed by atoms with Crippen molar-refractivity contribution >= 4 is 33.7 Å². The topological polar surface area (TPSA) is 74.8 Å². The van der Waals surface area contributed by atoms with Crippen molar-refractivity contribution in [2.45, 2.75) is 0 Å². The number of fused-ring (bicyclic) bond motifs is 1. The van der Waals surface area contributed by atoms with Gasteiger partial charge in [-0.05, 0) is 35.7 Å².